The monoisotopic (exact) mass is 549 g/mol. The van der Waals surface area contributed by atoms with Crippen LogP contribution in [-0.2, 0) is 14.3 Å². The van der Waals surface area contributed by atoms with Gasteiger partial charge in [-0.15, -0.1) is 0 Å². The molecule has 3 rings (SSSR count). The molecule has 3 unspecified atom stereocenters. The summed E-state index contributed by atoms with van der Waals surface area (Å²) in [6.45, 7) is 5.81. The van der Waals surface area contributed by atoms with Crippen molar-refractivity contribution in [2.45, 2.75) is 51.3 Å². The van der Waals surface area contributed by atoms with Crippen molar-refractivity contribution in [3.8, 4) is 0 Å². The highest BCUT2D eigenvalue weighted by Crippen LogP contribution is 2.32. The largest absolute Gasteiger partial charge is 0.444 e. The highest BCUT2D eigenvalue weighted by atomic mass is 79.9. The molecule has 1 saturated heterocycles. The number of amides is 3. The number of carbonyl (C=O) groups is 3. The van der Waals surface area contributed by atoms with Gasteiger partial charge in [0.1, 0.15) is 5.60 Å². The van der Waals surface area contributed by atoms with Gasteiger partial charge in [0, 0.05) is 28.4 Å². The van der Waals surface area contributed by atoms with Crippen molar-refractivity contribution in [2.75, 3.05) is 6.54 Å². The number of hydrogen-bond acceptors (Lipinski definition) is 4. The van der Waals surface area contributed by atoms with Gasteiger partial charge in [-0.3, -0.25) is 9.59 Å². The van der Waals surface area contributed by atoms with Gasteiger partial charge in [-0.2, -0.15) is 0 Å². The van der Waals surface area contributed by atoms with E-state index < -0.39 is 29.7 Å². The minimum Gasteiger partial charge on any atom is -0.444 e. The van der Waals surface area contributed by atoms with Crippen molar-refractivity contribution in [3.05, 3.63) is 69.2 Å². The van der Waals surface area contributed by atoms with Crippen LogP contribution >= 0.6 is 27.5 Å². The zero-order chi connectivity index (χ0) is 24.9. The second-order valence-electron chi connectivity index (χ2n) is 9.25. The van der Waals surface area contributed by atoms with Crippen molar-refractivity contribution >= 4 is 45.4 Å². The zero-order valence-corrected chi connectivity index (χ0v) is 21.7. The second kappa shape index (κ2) is 11.2. The van der Waals surface area contributed by atoms with E-state index in [0.29, 0.717) is 18.0 Å². The third-order valence-corrected chi connectivity index (χ3v) is 6.16. The third kappa shape index (κ3) is 7.46. The van der Waals surface area contributed by atoms with Crippen molar-refractivity contribution in [2.24, 2.45) is 5.92 Å². The lowest BCUT2D eigenvalue weighted by Gasteiger charge is -2.32. The first-order chi connectivity index (χ1) is 16.0. The molecule has 7 nitrogen and oxygen atoms in total. The molecule has 0 aliphatic carbocycles. The molecular formula is C25H29BrClN3O4. The van der Waals surface area contributed by atoms with Gasteiger partial charge in [0.15, 0.2) is 0 Å². The summed E-state index contributed by atoms with van der Waals surface area (Å²) in [6.07, 6.45) is 0.0700. The Hall–Kier alpha value is -2.58. The Kier molecular flexibility index (Phi) is 8.60. The lowest BCUT2D eigenvalue weighted by molar-refractivity contribution is -0.133. The number of alkyl carbamates (subject to hydrolysis) is 1. The van der Waals surface area contributed by atoms with Crippen LogP contribution < -0.4 is 16.0 Å². The highest BCUT2D eigenvalue weighted by Gasteiger charge is 2.33. The van der Waals surface area contributed by atoms with E-state index in [4.69, 9.17) is 16.3 Å². The number of halogens is 2. The summed E-state index contributed by atoms with van der Waals surface area (Å²) in [5.74, 6) is -0.834. The Morgan fingerprint density at radius 3 is 2.15 bits per heavy atom. The normalized spacial score (nSPS) is 17.8. The van der Waals surface area contributed by atoms with Crippen LogP contribution in [0.5, 0.6) is 0 Å². The topological polar surface area (TPSA) is 96.5 Å². The van der Waals surface area contributed by atoms with E-state index in [0.717, 1.165) is 15.6 Å². The fourth-order valence-electron chi connectivity index (χ4n) is 3.77. The van der Waals surface area contributed by atoms with E-state index in [-0.39, 0.29) is 18.2 Å². The average Bonchev–Trinajstić information content (AvgIpc) is 2.76. The number of rotatable bonds is 6. The van der Waals surface area contributed by atoms with Gasteiger partial charge in [0.05, 0.1) is 12.1 Å². The van der Waals surface area contributed by atoms with Crippen LogP contribution in [0.1, 0.15) is 56.8 Å². The Morgan fingerprint density at radius 1 is 1.03 bits per heavy atom. The molecule has 0 aromatic heterocycles. The molecule has 3 atom stereocenters. The number of ether oxygens (including phenoxy) is 1. The van der Waals surface area contributed by atoms with E-state index in [1.54, 1.807) is 45.0 Å². The number of benzene rings is 2. The Bertz CT molecular complexity index is 1020. The first-order valence-electron chi connectivity index (χ1n) is 11.1. The van der Waals surface area contributed by atoms with Crippen molar-refractivity contribution in [1.29, 1.82) is 0 Å². The lowest BCUT2D eigenvalue weighted by atomic mass is 9.91. The number of hydrogen-bond donors (Lipinski definition) is 3. The van der Waals surface area contributed by atoms with E-state index in [2.05, 4.69) is 31.9 Å². The van der Waals surface area contributed by atoms with Crippen LogP contribution in [0.2, 0.25) is 5.02 Å². The zero-order valence-electron chi connectivity index (χ0n) is 19.4. The fraction of sp³-hybridized carbons (Fsp3) is 0.400. The van der Waals surface area contributed by atoms with Gasteiger partial charge in [-0.1, -0.05) is 51.8 Å². The van der Waals surface area contributed by atoms with Gasteiger partial charge in [0.2, 0.25) is 11.8 Å². The summed E-state index contributed by atoms with van der Waals surface area (Å²) in [5, 5.41) is 9.32. The smallest absolute Gasteiger partial charge is 0.408 e. The summed E-state index contributed by atoms with van der Waals surface area (Å²) < 4.78 is 6.39. The van der Waals surface area contributed by atoms with Gasteiger partial charge in [0.25, 0.3) is 0 Å². The van der Waals surface area contributed by atoms with Crippen LogP contribution in [0, 0.1) is 5.92 Å². The minimum absolute atomic E-state index is 0.129. The summed E-state index contributed by atoms with van der Waals surface area (Å²) in [6, 6.07) is 13.3. The molecule has 0 spiro atoms. The van der Waals surface area contributed by atoms with E-state index >= 15 is 0 Å². The molecule has 34 heavy (non-hydrogen) atoms. The number of nitrogens with one attached hydrogen (secondary N) is 3. The molecule has 1 fully saturated rings. The third-order valence-electron chi connectivity index (χ3n) is 5.38. The predicted octanol–water partition coefficient (Wildman–Crippen LogP) is 5.05. The maximum Gasteiger partial charge on any atom is 0.408 e. The van der Waals surface area contributed by atoms with Crippen LogP contribution in [-0.4, -0.2) is 30.1 Å². The SMILES string of the molecule is CC(C)(C)OC(=O)NC(c1ccc(Cl)cc1)C(NC(=O)C1CCNC(=O)C1)c1ccc(Br)cc1. The lowest BCUT2D eigenvalue weighted by Crippen LogP contribution is -2.46. The van der Waals surface area contributed by atoms with Crippen molar-refractivity contribution in [1.82, 2.24) is 16.0 Å². The molecule has 3 N–H and O–H groups in total. The van der Waals surface area contributed by atoms with E-state index in [1.165, 1.54) is 0 Å². The maximum absolute atomic E-state index is 13.2. The number of carbonyl (C=O) groups excluding carboxylic acids is 3. The molecule has 2 aromatic carbocycles. The molecule has 1 aliphatic heterocycles. The van der Waals surface area contributed by atoms with Gasteiger partial charge >= 0.3 is 6.09 Å². The van der Waals surface area contributed by atoms with Crippen LogP contribution in [0.3, 0.4) is 0 Å². The van der Waals surface area contributed by atoms with Gasteiger partial charge in [-0.05, 0) is 62.6 Å². The summed E-state index contributed by atoms with van der Waals surface area (Å²) in [4.78, 5) is 37.9. The second-order valence-corrected chi connectivity index (χ2v) is 10.6. The van der Waals surface area contributed by atoms with Crippen LogP contribution in [0.4, 0.5) is 4.79 Å². The summed E-state index contributed by atoms with van der Waals surface area (Å²) in [5.41, 5.74) is 0.832. The van der Waals surface area contributed by atoms with Gasteiger partial charge < -0.3 is 20.7 Å². The average molecular weight is 551 g/mol. The molecule has 3 amide bonds. The van der Waals surface area contributed by atoms with Crippen LogP contribution in [0.15, 0.2) is 53.0 Å². The molecule has 1 aliphatic rings. The predicted molar refractivity (Wildman–Crippen MR) is 134 cm³/mol. The first-order valence-corrected chi connectivity index (χ1v) is 12.3. The Labute approximate surface area is 213 Å². The summed E-state index contributed by atoms with van der Waals surface area (Å²) >= 11 is 9.54. The Balaban J connectivity index is 1.98. The van der Waals surface area contributed by atoms with Gasteiger partial charge in [-0.25, -0.2) is 4.79 Å². The van der Waals surface area contributed by atoms with Crippen molar-refractivity contribution in [3.63, 3.8) is 0 Å². The Morgan fingerprint density at radius 2 is 1.59 bits per heavy atom. The quantitative estimate of drug-likeness (QED) is 0.469. The fourth-order valence-corrected chi connectivity index (χ4v) is 4.16. The molecule has 1 heterocycles. The molecule has 0 bridgehead atoms. The molecule has 0 radical (unpaired) electrons. The molecule has 182 valence electrons. The van der Waals surface area contributed by atoms with Crippen molar-refractivity contribution < 1.29 is 19.1 Å². The standard InChI is InChI=1S/C25H29BrClN3O4/c1-25(2,3)34-24(33)30-22(16-6-10-19(27)11-7-16)21(15-4-8-18(26)9-5-15)29-23(32)17-12-13-28-20(31)14-17/h4-11,17,21-22H,12-14H2,1-3H3,(H,28,31)(H,29,32)(H,30,33). The minimum atomic E-state index is -0.694. The van der Waals surface area contributed by atoms with Crippen LogP contribution in [0.25, 0.3) is 0 Å². The molecular weight excluding hydrogens is 522 g/mol. The molecule has 2 aromatic rings. The maximum atomic E-state index is 13.2. The van der Waals surface area contributed by atoms with E-state index in [1.807, 2.05) is 24.3 Å². The van der Waals surface area contributed by atoms with E-state index in [9.17, 15) is 14.4 Å². The first kappa shape index (κ1) is 26.0. The molecule has 9 heteroatoms. The highest BCUT2D eigenvalue weighted by molar-refractivity contribution is 9.10. The number of piperidine rings is 1. The summed E-state index contributed by atoms with van der Waals surface area (Å²) in [7, 11) is 0. The molecule has 0 saturated carbocycles.